The summed E-state index contributed by atoms with van der Waals surface area (Å²) in [6, 6.07) is 0. The molecule has 0 bridgehead atoms. The Morgan fingerprint density at radius 1 is 1.06 bits per heavy atom. The summed E-state index contributed by atoms with van der Waals surface area (Å²) >= 11 is 0. The quantitative estimate of drug-likeness (QED) is 0.721. The largest absolute Gasteiger partial charge is 0.316 e. The SMILES string of the molecule is CNC/C(=C/C1CCCC(C)C1)C1CCCCC1. The highest BCUT2D eigenvalue weighted by Crippen LogP contribution is 2.34. The van der Waals surface area contributed by atoms with Gasteiger partial charge in [-0.1, -0.05) is 50.7 Å². The fourth-order valence-electron chi connectivity index (χ4n) is 3.95. The molecule has 0 aromatic rings. The van der Waals surface area contributed by atoms with Crippen LogP contribution in [0.1, 0.15) is 64.7 Å². The summed E-state index contributed by atoms with van der Waals surface area (Å²) in [5.74, 6) is 2.71. The molecular weight excluding hydrogens is 218 g/mol. The highest BCUT2D eigenvalue weighted by atomic mass is 14.8. The fourth-order valence-corrected chi connectivity index (χ4v) is 3.95. The summed E-state index contributed by atoms with van der Waals surface area (Å²) < 4.78 is 0. The Bertz CT molecular complexity index is 263. The number of hydrogen-bond donors (Lipinski definition) is 1. The van der Waals surface area contributed by atoms with Crippen molar-refractivity contribution < 1.29 is 0 Å². The van der Waals surface area contributed by atoms with Crippen molar-refractivity contribution in [3.05, 3.63) is 11.6 Å². The van der Waals surface area contributed by atoms with Gasteiger partial charge in [0.25, 0.3) is 0 Å². The molecule has 0 saturated heterocycles. The molecule has 18 heavy (non-hydrogen) atoms. The van der Waals surface area contributed by atoms with Gasteiger partial charge in [-0.2, -0.15) is 0 Å². The van der Waals surface area contributed by atoms with Crippen LogP contribution in [0.2, 0.25) is 0 Å². The Morgan fingerprint density at radius 2 is 1.83 bits per heavy atom. The van der Waals surface area contributed by atoms with Crippen molar-refractivity contribution in [2.24, 2.45) is 17.8 Å². The molecule has 2 aliphatic rings. The van der Waals surface area contributed by atoms with Gasteiger partial charge in [0.05, 0.1) is 0 Å². The third-order valence-electron chi connectivity index (χ3n) is 4.94. The molecule has 0 aromatic carbocycles. The summed E-state index contributed by atoms with van der Waals surface area (Å²) in [5.41, 5.74) is 1.73. The van der Waals surface area contributed by atoms with E-state index in [4.69, 9.17) is 0 Å². The Hall–Kier alpha value is -0.300. The topological polar surface area (TPSA) is 12.0 Å². The molecule has 2 rings (SSSR count). The van der Waals surface area contributed by atoms with Crippen LogP contribution in [-0.4, -0.2) is 13.6 Å². The van der Waals surface area contributed by atoms with E-state index < -0.39 is 0 Å². The van der Waals surface area contributed by atoms with Gasteiger partial charge in [-0.3, -0.25) is 0 Å². The van der Waals surface area contributed by atoms with E-state index in [2.05, 4.69) is 25.4 Å². The lowest BCUT2D eigenvalue weighted by Gasteiger charge is -2.29. The lowest BCUT2D eigenvalue weighted by atomic mass is 9.78. The normalized spacial score (nSPS) is 31.6. The van der Waals surface area contributed by atoms with Gasteiger partial charge in [0, 0.05) is 6.54 Å². The zero-order chi connectivity index (χ0) is 12.8. The van der Waals surface area contributed by atoms with Crippen molar-refractivity contribution in [2.75, 3.05) is 13.6 Å². The molecule has 1 heteroatoms. The molecule has 2 atom stereocenters. The van der Waals surface area contributed by atoms with E-state index in [9.17, 15) is 0 Å². The molecule has 2 saturated carbocycles. The standard InChI is InChI=1S/C17H31N/c1-14-7-6-8-15(11-14)12-17(13-18-2)16-9-4-3-5-10-16/h12,14-16,18H,3-11,13H2,1-2H3/b17-12-. The minimum atomic E-state index is 0.874. The van der Waals surface area contributed by atoms with Crippen molar-refractivity contribution in [3.8, 4) is 0 Å². The molecule has 0 amide bonds. The minimum Gasteiger partial charge on any atom is -0.316 e. The maximum absolute atomic E-state index is 3.40. The number of rotatable bonds is 4. The van der Waals surface area contributed by atoms with Crippen LogP contribution < -0.4 is 5.32 Å². The van der Waals surface area contributed by atoms with Gasteiger partial charge in [0.1, 0.15) is 0 Å². The molecule has 1 nitrogen and oxygen atoms in total. The van der Waals surface area contributed by atoms with Crippen LogP contribution in [0, 0.1) is 17.8 Å². The number of allylic oxidation sites excluding steroid dienone is 1. The summed E-state index contributed by atoms with van der Waals surface area (Å²) in [6.45, 7) is 3.55. The Balaban J connectivity index is 1.98. The van der Waals surface area contributed by atoms with Crippen LogP contribution in [0.25, 0.3) is 0 Å². The van der Waals surface area contributed by atoms with Crippen LogP contribution in [0.15, 0.2) is 11.6 Å². The summed E-state index contributed by atoms with van der Waals surface area (Å²) in [6.07, 6.45) is 15.7. The Labute approximate surface area is 113 Å². The lowest BCUT2D eigenvalue weighted by Crippen LogP contribution is -2.21. The minimum absolute atomic E-state index is 0.874. The van der Waals surface area contributed by atoms with E-state index >= 15 is 0 Å². The number of nitrogens with one attached hydrogen (secondary N) is 1. The molecule has 0 aliphatic heterocycles. The van der Waals surface area contributed by atoms with E-state index in [1.54, 1.807) is 5.57 Å². The zero-order valence-electron chi connectivity index (χ0n) is 12.4. The molecule has 0 radical (unpaired) electrons. The molecule has 2 fully saturated rings. The molecule has 2 unspecified atom stereocenters. The van der Waals surface area contributed by atoms with E-state index in [0.717, 1.165) is 24.3 Å². The predicted octanol–water partition coefficient (Wildman–Crippen LogP) is 4.54. The van der Waals surface area contributed by atoms with Crippen molar-refractivity contribution in [1.29, 1.82) is 0 Å². The number of likely N-dealkylation sites (N-methyl/N-ethyl adjacent to an activating group) is 1. The molecule has 0 aromatic heterocycles. The second-order valence-corrected chi connectivity index (χ2v) is 6.64. The summed E-state index contributed by atoms with van der Waals surface area (Å²) in [4.78, 5) is 0. The van der Waals surface area contributed by atoms with Crippen molar-refractivity contribution in [1.82, 2.24) is 5.32 Å². The van der Waals surface area contributed by atoms with E-state index in [0.29, 0.717) is 0 Å². The number of hydrogen-bond acceptors (Lipinski definition) is 1. The molecular formula is C17H31N. The first-order chi connectivity index (χ1) is 8.79. The average molecular weight is 249 g/mol. The van der Waals surface area contributed by atoms with Gasteiger partial charge < -0.3 is 5.32 Å². The molecule has 104 valence electrons. The van der Waals surface area contributed by atoms with Crippen molar-refractivity contribution >= 4 is 0 Å². The van der Waals surface area contributed by atoms with Gasteiger partial charge in [-0.05, 0) is 50.5 Å². The maximum Gasteiger partial charge on any atom is 0.0164 e. The highest BCUT2D eigenvalue weighted by molar-refractivity contribution is 5.12. The summed E-state index contributed by atoms with van der Waals surface area (Å²) in [7, 11) is 2.10. The van der Waals surface area contributed by atoms with E-state index in [1.807, 2.05) is 0 Å². The van der Waals surface area contributed by atoms with Gasteiger partial charge in [-0.25, -0.2) is 0 Å². The van der Waals surface area contributed by atoms with Gasteiger partial charge >= 0.3 is 0 Å². The zero-order valence-corrected chi connectivity index (χ0v) is 12.4. The van der Waals surface area contributed by atoms with Crippen LogP contribution in [0.5, 0.6) is 0 Å². The Morgan fingerprint density at radius 3 is 2.50 bits per heavy atom. The monoisotopic (exact) mass is 249 g/mol. The van der Waals surface area contributed by atoms with Gasteiger partial charge in [-0.15, -0.1) is 0 Å². The molecule has 1 N–H and O–H groups in total. The van der Waals surface area contributed by atoms with E-state index in [1.165, 1.54) is 57.8 Å². The molecule has 2 aliphatic carbocycles. The van der Waals surface area contributed by atoms with Gasteiger partial charge in [0.15, 0.2) is 0 Å². The van der Waals surface area contributed by atoms with Gasteiger partial charge in [0.2, 0.25) is 0 Å². The first kappa shape index (κ1) is 14.1. The summed E-state index contributed by atoms with van der Waals surface area (Å²) in [5, 5.41) is 3.40. The second kappa shape index (κ2) is 7.33. The third-order valence-corrected chi connectivity index (χ3v) is 4.94. The molecule has 0 heterocycles. The maximum atomic E-state index is 3.40. The highest BCUT2D eigenvalue weighted by Gasteiger charge is 2.21. The van der Waals surface area contributed by atoms with Crippen LogP contribution in [0.3, 0.4) is 0 Å². The van der Waals surface area contributed by atoms with Crippen molar-refractivity contribution in [2.45, 2.75) is 64.7 Å². The lowest BCUT2D eigenvalue weighted by molar-refractivity contribution is 0.319. The molecule has 0 spiro atoms. The predicted molar refractivity (Wildman–Crippen MR) is 79.7 cm³/mol. The van der Waals surface area contributed by atoms with Crippen LogP contribution >= 0.6 is 0 Å². The first-order valence-corrected chi connectivity index (χ1v) is 8.14. The van der Waals surface area contributed by atoms with Crippen LogP contribution in [0.4, 0.5) is 0 Å². The average Bonchev–Trinajstić information content (AvgIpc) is 2.39. The van der Waals surface area contributed by atoms with Crippen LogP contribution in [-0.2, 0) is 0 Å². The van der Waals surface area contributed by atoms with E-state index in [-0.39, 0.29) is 0 Å². The van der Waals surface area contributed by atoms with Crippen molar-refractivity contribution in [3.63, 3.8) is 0 Å². The first-order valence-electron chi connectivity index (χ1n) is 8.14. The third kappa shape index (κ3) is 4.12. The second-order valence-electron chi connectivity index (χ2n) is 6.64. The smallest absolute Gasteiger partial charge is 0.0164 e. The fraction of sp³-hybridized carbons (Fsp3) is 0.882. The Kier molecular flexibility index (Phi) is 5.75.